The highest BCUT2D eigenvalue weighted by Crippen LogP contribution is 2.35. The van der Waals surface area contributed by atoms with E-state index in [9.17, 15) is 9.59 Å². The summed E-state index contributed by atoms with van der Waals surface area (Å²) in [6.07, 6.45) is 8.82. The zero-order valence-corrected chi connectivity index (χ0v) is 18.4. The van der Waals surface area contributed by atoms with Crippen LogP contribution in [-0.2, 0) is 17.6 Å². The van der Waals surface area contributed by atoms with E-state index in [1.807, 2.05) is 19.1 Å². The third-order valence-corrected chi connectivity index (χ3v) is 7.33. The van der Waals surface area contributed by atoms with Crippen molar-refractivity contribution < 1.29 is 13.9 Å². The van der Waals surface area contributed by atoms with Crippen molar-refractivity contribution in [3.8, 4) is 5.75 Å². The fourth-order valence-corrected chi connectivity index (χ4v) is 5.87. The molecule has 3 heterocycles. The van der Waals surface area contributed by atoms with Crippen LogP contribution in [0.1, 0.15) is 55.2 Å². The summed E-state index contributed by atoms with van der Waals surface area (Å²) < 4.78 is 11.6. The third kappa shape index (κ3) is 4.10. The number of carbonyl (C=O) groups excluding carboxylic acids is 1. The van der Waals surface area contributed by atoms with Crippen LogP contribution in [0.5, 0.6) is 5.75 Å². The van der Waals surface area contributed by atoms with E-state index in [4.69, 9.17) is 9.15 Å². The molecule has 2 aromatic rings. The summed E-state index contributed by atoms with van der Waals surface area (Å²) in [5, 5.41) is 3.97. The molecule has 2 saturated heterocycles. The van der Waals surface area contributed by atoms with Gasteiger partial charge >= 0.3 is 5.63 Å². The van der Waals surface area contributed by atoms with Gasteiger partial charge < -0.3 is 19.4 Å². The zero-order valence-electron chi connectivity index (χ0n) is 18.4. The molecule has 3 aliphatic rings. The largest absolute Gasteiger partial charge is 0.483 e. The second kappa shape index (κ2) is 8.65. The van der Waals surface area contributed by atoms with Gasteiger partial charge in [0.25, 0.3) is 5.91 Å². The lowest BCUT2D eigenvalue weighted by molar-refractivity contribution is -0.123. The van der Waals surface area contributed by atoms with Crippen LogP contribution in [0, 0.1) is 12.8 Å². The Morgan fingerprint density at radius 2 is 1.97 bits per heavy atom. The number of ether oxygens (including phenoxy) is 1. The fraction of sp³-hybridized carbons (Fsp3) is 0.600. The van der Waals surface area contributed by atoms with Gasteiger partial charge in [-0.25, -0.2) is 4.79 Å². The predicted molar refractivity (Wildman–Crippen MR) is 120 cm³/mol. The molecular formula is C25H32N2O4. The van der Waals surface area contributed by atoms with E-state index in [2.05, 4.69) is 10.2 Å². The maximum absolute atomic E-state index is 12.6. The van der Waals surface area contributed by atoms with Crippen molar-refractivity contribution in [2.24, 2.45) is 5.92 Å². The van der Waals surface area contributed by atoms with Gasteiger partial charge in [0.2, 0.25) is 0 Å². The van der Waals surface area contributed by atoms with Crippen molar-refractivity contribution in [1.82, 2.24) is 10.2 Å². The van der Waals surface area contributed by atoms with Crippen LogP contribution in [0.2, 0.25) is 0 Å². The predicted octanol–water partition coefficient (Wildman–Crippen LogP) is 3.35. The standard InChI is InChI=1S/C25H32N2O4/c1-16-12-21(24-18-7-4-8-19(18)25(29)31-22(24)13-16)30-15-23(28)26-14-17-6-5-11-27-10-3-2-9-20(17)27/h12-13,17,20H,2-11,14-15H2,1H3,(H,26,28)/t17-,20+/m0/s1. The molecule has 1 aromatic heterocycles. The molecule has 1 aliphatic carbocycles. The van der Waals surface area contributed by atoms with Gasteiger partial charge in [0.1, 0.15) is 11.3 Å². The van der Waals surface area contributed by atoms with E-state index >= 15 is 0 Å². The molecule has 0 saturated carbocycles. The van der Waals surface area contributed by atoms with Gasteiger partial charge in [0, 0.05) is 18.2 Å². The Morgan fingerprint density at radius 1 is 1.13 bits per heavy atom. The van der Waals surface area contributed by atoms with Crippen molar-refractivity contribution in [3.05, 3.63) is 39.2 Å². The van der Waals surface area contributed by atoms with Gasteiger partial charge in [-0.1, -0.05) is 6.42 Å². The molecule has 2 fully saturated rings. The lowest BCUT2D eigenvalue weighted by atomic mass is 9.83. The number of nitrogens with zero attached hydrogens (tertiary/aromatic N) is 1. The van der Waals surface area contributed by atoms with E-state index in [0.29, 0.717) is 23.3 Å². The van der Waals surface area contributed by atoms with Gasteiger partial charge in [-0.05, 0) is 94.1 Å². The van der Waals surface area contributed by atoms with Gasteiger partial charge in [-0.15, -0.1) is 0 Å². The van der Waals surface area contributed by atoms with E-state index < -0.39 is 0 Å². The van der Waals surface area contributed by atoms with Gasteiger partial charge in [-0.2, -0.15) is 0 Å². The van der Waals surface area contributed by atoms with Crippen LogP contribution >= 0.6 is 0 Å². The molecule has 0 unspecified atom stereocenters. The monoisotopic (exact) mass is 424 g/mol. The number of nitrogens with one attached hydrogen (secondary N) is 1. The minimum atomic E-state index is -0.237. The Balaban J connectivity index is 1.26. The molecule has 0 spiro atoms. The lowest BCUT2D eigenvalue weighted by Gasteiger charge is -2.44. The second-order valence-corrected chi connectivity index (χ2v) is 9.43. The number of carbonyl (C=O) groups is 1. The smallest absolute Gasteiger partial charge is 0.339 e. The molecule has 5 rings (SSSR count). The molecule has 0 radical (unpaired) electrons. The Labute approximate surface area is 182 Å². The zero-order chi connectivity index (χ0) is 21.4. The molecule has 6 nitrogen and oxygen atoms in total. The number of piperidine rings is 2. The molecular weight excluding hydrogens is 392 g/mol. The summed E-state index contributed by atoms with van der Waals surface area (Å²) in [7, 11) is 0. The summed E-state index contributed by atoms with van der Waals surface area (Å²) in [5.74, 6) is 1.09. The van der Waals surface area contributed by atoms with Crippen LogP contribution in [0.3, 0.4) is 0 Å². The molecule has 166 valence electrons. The first-order valence-corrected chi connectivity index (χ1v) is 11.8. The van der Waals surface area contributed by atoms with Crippen molar-refractivity contribution in [3.63, 3.8) is 0 Å². The molecule has 2 aliphatic heterocycles. The number of fused-ring (bicyclic) bond motifs is 4. The number of hydrogen-bond acceptors (Lipinski definition) is 5. The first kappa shape index (κ1) is 20.6. The Hall–Kier alpha value is -2.34. The topological polar surface area (TPSA) is 71.8 Å². The Kier molecular flexibility index (Phi) is 5.74. The highest BCUT2D eigenvalue weighted by Gasteiger charge is 2.33. The average molecular weight is 425 g/mol. The van der Waals surface area contributed by atoms with Crippen molar-refractivity contribution in [2.75, 3.05) is 26.2 Å². The SMILES string of the molecule is Cc1cc(OCC(=O)NC[C@@H]2CCCN3CCCC[C@H]23)c2c3c(c(=O)oc2c1)CCC3. The summed E-state index contributed by atoms with van der Waals surface area (Å²) in [6, 6.07) is 4.44. The van der Waals surface area contributed by atoms with Crippen molar-refractivity contribution in [2.45, 2.75) is 64.3 Å². The highest BCUT2D eigenvalue weighted by molar-refractivity contribution is 5.89. The van der Waals surface area contributed by atoms with E-state index in [1.54, 1.807) is 0 Å². The highest BCUT2D eigenvalue weighted by atomic mass is 16.5. The first-order valence-electron chi connectivity index (χ1n) is 11.8. The first-order chi connectivity index (χ1) is 15.1. The number of amides is 1. The molecule has 1 N–H and O–H groups in total. The number of hydrogen-bond donors (Lipinski definition) is 1. The van der Waals surface area contributed by atoms with Crippen LogP contribution in [0.15, 0.2) is 21.3 Å². The maximum atomic E-state index is 12.6. The number of rotatable bonds is 5. The maximum Gasteiger partial charge on any atom is 0.339 e. The number of aryl methyl sites for hydroxylation is 2. The summed E-state index contributed by atoms with van der Waals surface area (Å²) in [5.41, 5.74) is 3.06. The lowest BCUT2D eigenvalue weighted by Crippen LogP contribution is -2.51. The molecule has 1 aromatic carbocycles. The normalized spacial score (nSPS) is 23.4. The summed E-state index contributed by atoms with van der Waals surface area (Å²) in [4.78, 5) is 27.5. The third-order valence-electron chi connectivity index (χ3n) is 7.33. The molecule has 6 heteroatoms. The molecule has 31 heavy (non-hydrogen) atoms. The molecule has 2 atom stereocenters. The van der Waals surface area contributed by atoms with Crippen LogP contribution in [-0.4, -0.2) is 43.1 Å². The second-order valence-electron chi connectivity index (χ2n) is 9.43. The average Bonchev–Trinajstić information content (AvgIpc) is 3.26. The van der Waals surface area contributed by atoms with Crippen LogP contribution in [0.4, 0.5) is 0 Å². The van der Waals surface area contributed by atoms with Crippen LogP contribution < -0.4 is 15.7 Å². The minimum absolute atomic E-state index is 0.0203. The van der Waals surface area contributed by atoms with Crippen LogP contribution in [0.25, 0.3) is 11.0 Å². The Bertz CT molecular complexity index is 1040. The summed E-state index contributed by atoms with van der Waals surface area (Å²) in [6.45, 7) is 5.06. The quantitative estimate of drug-likeness (QED) is 0.746. The van der Waals surface area contributed by atoms with Crippen molar-refractivity contribution >= 4 is 16.9 Å². The number of benzene rings is 1. The molecule has 0 bridgehead atoms. The Morgan fingerprint density at radius 3 is 2.87 bits per heavy atom. The van der Waals surface area contributed by atoms with E-state index in [1.165, 1.54) is 45.2 Å². The molecule has 1 amide bonds. The van der Waals surface area contributed by atoms with Crippen molar-refractivity contribution in [1.29, 1.82) is 0 Å². The minimum Gasteiger partial charge on any atom is -0.483 e. The van der Waals surface area contributed by atoms with Gasteiger partial charge in [0.15, 0.2) is 6.61 Å². The summed E-state index contributed by atoms with van der Waals surface area (Å²) >= 11 is 0. The fourth-order valence-electron chi connectivity index (χ4n) is 5.87. The van der Waals surface area contributed by atoms with E-state index in [-0.39, 0.29) is 18.1 Å². The van der Waals surface area contributed by atoms with Gasteiger partial charge in [-0.3, -0.25) is 4.79 Å². The van der Waals surface area contributed by atoms with Gasteiger partial charge in [0.05, 0.1) is 5.39 Å². The van der Waals surface area contributed by atoms with E-state index in [0.717, 1.165) is 47.9 Å².